The number of halogens is 1. The summed E-state index contributed by atoms with van der Waals surface area (Å²) in [6.07, 6.45) is 0.695. The van der Waals surface area contributed by atoms with Crippen molar-refractivity contribution in [2.24, 2.45) is 0 Å². The van der Waals surface area contributed by atoms with Crippen molar-refractivity contribution >= 4 is 5.91 Å². The maximum Gasteiger partial charge on any atom is 0.254 e. The molecule has 0 atom stereocenters. The topological polar surface area (TPSA) is 29.5 Å². The van der Waals surface area contributed by atoms with Gasteiger partial charge in [0.2, 0.25) is 0 Å². The molecule has 3 aromatic carbocycles. The second-order valence-corrected chi connectivity index (χ2v) is 6.62. The number of hydrogen-bond acceptors (Lipinski definition) is 2. The second kappa shape index (κ2) is 7.62. The van der Waals surface area contributed by atoms with E-state index in [4.69, 9.17) is 4.74 Å². The van der Waals surface area contributed by atoms with Gasteiger partial charge in [-0.3, -0.25) is 4.79 Å². The third-order valence-corrected chi connectivity index (χ3v) is 4.84. The number of hydrogen-bond donors (Lipinski definition) is 0. The normalized spacial score (nSPS) is 13.4. The molecule has 1 aliphatic heterocycles. The van der Waals surface area contributed by atoms with Gasteiger partial charge in [-0.15, -0.1) is 0 Å². The van der Waals surface area contributed by atoms with E-state index in [-0.39, 0.29) is 18.3 Å². The van der Waals surface area contributed by atoms with E-state index < -0.39 is 0 Å². The van der Waals surface area contributed by atoms with Gasteiger partial charge in [-0.25, -0.2) is 4.39 Å². The van der Waals surface area contributed by atoms with E-state index in [1.54, 1.807) is 23.1 Å². The van der Waals surface area contributed by atoms with Crippen LogP contribution in [0.5, 0.6) is 5.75 Å². The Bertz CT molecular complexity index is 956. The fourth-order valence-electron chi connectivity index (χ4n) is 3.40. The predicted octanol–water partition coefficient (Wildman–Crippen LogP) is 4.60. The Labute approximate surface area is 158 Å². The Morgan fingerprint density at radius 2 is 1.70 bits per heavy atom. The van der Waals surface area contributed by atoms with E-state index in [0.29, 0.717) is 30.7 Å². The van der Waals surface area contributed by atoms with Crippen LogP contribution in [0.15, 0.2) is 72.8 Å². The van der Waals surface area contributed by atoms with Crippen molar-refractivity contribution in [3.05, 3.63) is 101 Å². The van der Waals surface area contributed by atoms with Crippen molar-refractivity contribution < 1.29 is 13.9 Å². The first-order chi connectivity index (χ1) is 13.2. The Morgan fingerprint density at radius 1 is 0.926 bits per heavy atom. The lowest BCUT2D eigenvalue weighted by Gasteiger charge is -2.29. The van der Waals surface area contributed by atoms with Crippen molar-refractivity contribution in [3.63, 3.8) is 0 Å². The first-order valence-electron chi connectivity index (χ1n) is 9.03. The lowest BCUT2D eigenvalue weighted by Crippen LogP contribution is -2.37. The van der Waals surface area contributed by atoms with E-state index in [0.717, 1.165) is 16.9 Å². The molecule has 0 spiro atoms. The molecule has 0 N–H and O–H groups in total. The Hall–Kier alpha value is -3.14. The molecule has 27 heavy (non-hydrogen) atoms. The van der Waals surface area contributed by atoms with Crippen LogP contribution in [0, 0.1) is 5.82 Å². The smallest absolute Gasteiger partial charge is 0.254 e. The number of ether oxygens (including phenoxy) is 1. The summed E-state index contributed by atoms with van der Waals surface area (Å²) >= 11 is 0. The molecule has 0 saturated heterocycles. The minimum Gasteiger partial charge on any atom is -0.489 e. The summed E-state index contributed by atoms with van der Waals surface area (Å²) in [6, 6.07) is 22.1. The molecule has 0 fully saturated rings. The Kier molecular flexibility index (Phi) is 4.88. The largest absolute Gasteiger partial charge is 0.489 e. The summed E-state index contributed by atoms with van der Waals surface area (Å²) in [6.45, 7) is 1.29. The summed E-state index contributed by atoms with van der Waals surface area (Å²) in [5.41, 5.74) is 3.19. The van der Waals surface area contributed by atoms with Crippen molar-refractivity contribution in [2.45, 2.75) is 19.6 Å². The molecular formula is C23H20FNO2. The van der Waals surface area contributed by atoms with Crippen molar-refractivity contribution in [3.8, 4) is 5.75 Å². The molecular weight excluding hydrogens is 341 g/mol. The molecule has 0 radical (unpaired) electrons. The highest BCUT2D eigenvalue weighted by molar-refractivity contribution is 5.97. The standard InChI is InChI=1S/C23H20FNO2/c24-21-11-5-4-9-18(21)15-25-14-13-19-20(23(25)26)10-6-12-22(19)27-16-17-7-2-1-3-8-17/h1-12H,13-16H2. The molecule has 0 saturated carbocycles. The van der Waals surface area contributed by atoms with E-state index in [1.807, 2.05) is 48.5 Å². The monoisotopic (exact) mass is 361 g/mol. The molecule has 3 nitrogen and oxygen atoms in total. The number of rotatable bonds is 5. The lowest BCUT2D eigenvalue weighted by atomic mass is 9.97. The molecule has 0 bridgehead atoms. The van der Waals surface area contributed by atoms with Gasteiger partial charge in [0, 0.05) is 29.8 Å². The Balaban J connectivity index is 1.52. The van der Waals surface area contributed by atoms with Crippen molar-refractivity contribution in [1.29, 1.82) is 0 Å². The second-order valence-electron chi connectivity index (χ2n) is 6.62. The SMILES string of the molecule is O=C1c2cccc(OCc3ccccc3)c2CCN1Cc1ccccc1F. The summed E-state index contributed by atoms with van der Waals surface area (Å²) < 4.78 is 19.9. The van der Waals surface area contributed by atoms with Crippen LogP contribution in [0.25, 0.3) is 0 Å². The maximum absolute atomic E-state index is 13.9. The van der Waals surface area contributed by atoms with Crippen molar-refractivity contribution in [2.75, 3.05) is 6.54 Å². The predicted molar refractivity (Wildman–Crippen MR) is 102 cm³/mol. The average Bonchev–Trinajstić information content (AvgIpc) is 2.71. The molecule has 4 rings (SSSR count). The van der Waals surface area contributed by atoms with Crippen LogP contribution in [0.3, 0.4) is 0 Å². The zero-order chi connectivity index (χ0) is 18.6. The molecule has 1 heterocycles. The zero-order valence-corrected chi connectivity index (χ0v) is 14.9. The van der Waals surface area contributed by atoms with E-state index in [2.05, 4.69) is 0 Å². The van der Waals surface area contributed by atoms with Gasteiger partial charge in [-0.2, -0.15) is 0 Å². The maximum atomic E-state index is 13.9. The molecule has 1 aliphatic rings. The highest BCUT2D eigenvalue weighted by Crippen LogP contribution is 2.29. The summed E-state index contributed by atoms with van der Waals surface area (Å²) in [5.74, 6) is 0.385. The number of fused-ring (bicyclic) bond motifs is 1. The van der Waals surface area contributed by atoms with Gasteiger partial charge < -0.3 is 9.64 Å². The van der Waals surface area contributed by atoms with Gasteiger partial charge >= 0.3 is 0 Å². The third kappa shape index (κ3) is 3.70. The molecule has 0 aliphatic carbocycles. The van der Waals surface area contributed by atoms with Gasteiger partial charge in [0.15, 0.2) is 0 Å². The molecule has 136 valence electrons. The van der Waals surface area contributed by atoms with Crippen LogP contribution in [-0.4, -0.2) is 17.4 Å². The van der Waals surface area contributed by atoms with E-state index in [9.17, 15) is 9.18 Å². The van der Waals surface area contributed by atoms with Crippen LogP contribution in [0.4, 0.5) is 4.39 Å². The quantitative estimate of drug-likeness (QED) is 0.664. The van der Waals surface area contributed by atoms with Gasteiger partial charge in [-0.1, -0.05) is 54.6 Å². The third-order valence-electron chi connectivity index (χ3n) is 4.84. The number of amides is 1. The molecule has 3 aromatic rings. The molecule has 1 amide bonds. The summed E-state index contributed by atoms with van der Waals surface area (Å²) in [4.78, 5) is 14.6. The fourth-order valence-corrected chi connectivity index (χ4v) is 3.40. The summed E-state index contributed by atoms with van der Waals surface area (Å²) in [5, 5.41) is 0. The van der Waals surface area contributed by atoms with Crippen LogP contribution in [-0.2, 0) is 19.6 Å². The van der Waals surface area contributed by atoms with Crippen LogP contribution in [0.1, 0.15) is 27.0 Å². The lowest BCUT2D eigenvalue weighted by molar-refractivity contribution is 0.0723. The fraction of sp³-hybridized carbons (Fsp3) is 0.174. The van der Waals surface area contributed by atoms with Crippen molar-refractivity contribution in [1.82, 2.24) is 4.90 Å². The molecule has 0 aromatic heterocycles. The highest BCUT2D eigenvalue weighted by atomic mass is 19.1. The number of carbonyl (C=O) groups excluding carboxylic acids is 1. The van der Waals surface area contributed by atoms with Gasteiger partial charge in [0.05, 0.1) is 0 Å². The number of carbonyl (C=O) groups is 1. The first-order valence-corrected chi connectivity index (χ1v) is 9.03. The molecule has 4 heteroatoms. The van der Waals surface area contributed by atoms with Gasteiger partial charge in [0.1, 0.15) is 18.2 Å². The average molecular weight is 361 g/mol. The minimum absolute atomic E-state index is 0.0790. The number of benzene rings is 3. The Morgan fingerprint density at radius 3 is 2.52 bits per heavy atom. The van der Waals surface area contributed by atoms with Gasteiger partial charge in [-0.05, 0) is 30.2 Å². The first kappa shape index (κ1) is 17.3. The van der Waals surface area contributed by atoms with E-state index >= 15 is 0 Å². The van der Waals surface area contributed by atoms with Crippen LogP contribution in [0.2, 0.25) is 0 Å². The summed E-state index contributed by atoms with van der Waals surface area (Å²) in [7, 11) is 0. The van der Waals surface area contributed by atoms with Crippen LogP contribution < -0.4 is 4.74 Å². The minimum atomic E-state index is -0.281. The zero-order valence-electron chi connectivity index (χ0n) is 14.9. The highest BCUT2D eigenvalue weighted by Gasteiger charge is 2.27. The number of nitrogens with zero attached hydrogens (tertiary/aromatic N) is 1. The molecule has 0 unspecified atom stereocenters. The van der Waals surface area contributed by atoms with E-state index in [1.165, 1.54) is 6.07 Å². The van der Waals surface area contributed by atoms with Crippen LogP contribution >= 0.6 is 0 Å². The van der Waals surface area contributed by atoms with Gasteiger partial charge in [0.25, 0.3) is 5.91 Å².